The zero-order chi connectivity index (χ0) is 13.8. The van der Waals surface area contributed by atoms with Crippen molar-refractivity contribution in [2.45, 2.75) is 26.2 Å². The Morgan fingerprint density at radius 2 is 2.25 bits per heavy atom. The smallest absolute Gasteiger partial charge is 0.178 e. The molecule has 4 nitrogen and oxygen atoms in total. The predicted molar refractivity (Wildman–Crippen MR) is 79.3 cm³/mol. The molecule has 3 rings (SSSR count). The highest BCUT2D eigenvalue weighted by atomic mass is 14.9. The summed E-state index contributed by atoms with van der Waals surface area (Å²) in [6.07, 6.45) is 7.12. The molecule has 0 aliphatic heterocycles. The van der Waals surface area contributed by atoms with Gasteiger partial charge in [-0.05, 0) is 56.0 Å². The van der Waals surface area contributed by atoms with Crippen molar-refractivity contribution in [1.82, 2.24) is 20.3 Å². The van der Waals surface area contributed by atoms with Gasteiger partial charge in [-0.3, -0.25) is 4.98 Å². The van der Waals surface area contributed by atoms with Crippen LogP contribution < -0.4 is 5.32 Å². The van der Waals surface area contributed by atoms with Gasteiger partial charge in [0, 0.05) is 18.1 Å². The van der Waals surface area contributed by atoms with Crippen LogP contribution in [0.5, 0.6) is 0 Å². The lowest BCUT2D eigenvalue weighted by Crippen LogP contribution is -2.27. The van der Waals surface area contributed by atoms with E-state index in [-0.39, 0.29) is 0 Å². The number of hydrogen-bond donors (Lipinski definition) is 1. The van der Waals surface area contributed by atoms with Crippen LogP contribution in [0.3, 0.4) is 0 Å². The second kappa shape index (κ2) is 6.09. The highest BCUT2D eigenvalue weighted by molar-refractivity contribution is 5.49. The molecule has 4 heteroatoms. The molecule has 0 fully saturated rings. The average Bonchev–Trinajstić information content (AvgIpc) is 2.53. The first-order valence-electron chi connectivity index (χ1n) is 7.33. The van der Waals surface area contributed by atoms with Crippen LogP contribution in [0.15, 0.2) is 30.6 Å². The fourth-order valence-corrected chi connectivity index (χ4v) is 2.72. The molecule has 0 radical (unpaired) electrons. The maximum absolute atomic E-state index is 4.70. The van der Waals surface area contributed by atoms with Crippen LogP contribution in [0.4, 0.5) is 0 Å². The molecule has 2 aromatic rings. The van der Waals surface area contributed by atoms with Crippen molar-refractivity contribution >= 4 is 0 Å². The monoisotopic (exact) mass is 268 g/mol. The number of aryl methyl sites for hydroxylation is 1. The number of hydrogen-bond acceptors (Lipinski definition) is 4. The number of nitrogens with one attached hydrogen (secondary N) is 1. The predicted octanol–water partition coefficient (Wildman–Crippen LogP) is 2.25. The number of nitrogens with zero attached hydrogens (tertiary/aromatic N) is 3. The van der Waals surface area contributed by atoms with E-state index in [4.69, 9.17) is 4.98 Å². The van der Waals surface area contributed by atoms with Gasteiger partial charge < -0.3 is 5.32 Å². The fourth-order valence-electron chi connectivity index (χ4n) is 2.72. The molecule has 0 saturated carbocycles. The summed E-state index contributed by atoms with van der Waals surface area (Å²) in [5.74, 6) is 1.46. The van der Waals surface area contributed by atoms with Crippen LogP contribution in [0.2, 0.25) is 0 Å². The molecule has 1 aliphatic carbocycles. The number of pyridine rings is 1. The summed E-state index contributed by atoms with van der Waals surface area (Å²) in [7, 11) is 0. The summed E-state index contributed by atoms with van der Waals surface area (Å²) < 4.78 is 0. The maximum atomic E-state index is 4.70. The summed E-state index contributed by atoms with van der Waals surface area (Å²) >= 11 is 0. The van der Waals surface area contributed by atoms with Crippen molar-refractivity contribution in [3.05, 3.63) is 41.9 Å². The first-order valence-corrected chi connectivity index (χ1v) is 7.33. The Morgan fingerprint density at radius 1 is 1.30 bits per heavy atom. The van der Waals surface area contributed by atoms with Gasteiger partial charge >= 0.3 is 0 Å². The second-order valence-corrected chi connectivity index (χ2v) is 5.30. The van der Waals surface area contributed by atoms with E-state index in [1.165, 1.54) is 17.7 Å². The van der Waals surface area contributed by atoms with E-state index in [1.54, 1.807) is 6.20 Å². The molecule has 0 aromatic carbocycles. The standard InChI is InChI=1S/C16H20N4/c1-2-17-10-12-6-7-14-13(9-12)11-19-16(20-14)15-5-3-4-8-18-15/h3-5,8,11-12,17H,2,6-7,9-10H2,1H3. The SMILES string of the molecule is CCNCC1CCc2nc(-c3ccccn3)ncc2C1. The van der Waals surface area contributed by atoms with Crippen LogP contribution in [0, 0.1) is 5.92 Å². The van der Waals surface area contributed by atoms with Crippen LogP contribution in [-0.4, -0.2) is 28.0 Å². The van der Waals surface area contributed by atoms with E-state index in [9.17, 15) is 0 Å². The number of fused-ring (bicyclic) bond motifs is 1. The molecule has 104 valence electrons. The van der Waals surface area contributed by atoms with Gasteiger partial charge in [0.2, 0.25) is 0 Å². The van der Waals surface area contributed by atoms with Crippen molar-refractivity contribution in [3.8, 4) is 11.5 Å². The minimum atomic E-state index is 0.715. The first-order chi connectivity index (χ1) is 9.86. The highest BCUT2D eigenvalue weighted by Gasteiger charge is 2.20. The topological polar surface area (TPSA) is 50.7 Å². The van der Waals surface area contributed by atoms with Crippen LogP contribution in [0.25, 0.3) is 11.5 Å². The molecule has 1 unspecified atom stereocenters. The van der Waals surface area contributed by atoms with Gasteiger partial charge in [0.15, 0.2) is 5.82 Å². The Bertz CT molecular complexity index is 568. The lowest BCUT2D eigenvalue weighted by atomic mass is 9.87. The minimum Gasteiger partial charge on any atom is -0.317 e. The normalized spacial score (nSPS) is 17.8. The van der Waals surface area contributed by atoms with Crippen molar-refractivity contribution in [1.29, 1.82) is 0 Å². The Kier molecular flexibility index (Phi) is 4.02. The molecule has 0 amide bonds. The third-order valence-electron chi connectivity index (χ3n) is 3.83. The van der Waals surface area contributed by atoms with Gasteiger partial charge in [0.05, 0.1) is 0 Å². The zero-order valence-corrected chi connectivity index (χ0v) is 11.8. The fraction of sp³-hybridized carbons (Fsp3) is 0.438. The average molecular weight is 268 g/mol. The van der Waals surface area contributed by atoms with Gasteiger partial charge in [-0.2, -0.15) is 0 Å². The minimum absolute atomic E-state index is 0.715. The quantitative estimate of drug-likeness (QED) is 0.924. The largest absolute Gasteiger partial charge is 0.317 e. The van der Waals surface area contributed by atoms with E-state index >= 15 is 0 Å². The van der Waals surface area contributed by atoms with Gasteiger partial charge in [-0.1, -0.05) is 13.0 Å². The molecule has 1 N–H and O–H groups in total. The molecular weight excluding hydrogens is 248 g/mol. The molecule has 2 heterocycles. The van der Waals surface area contributed by atoms with Crippen LogP contribution in [-0.2, 0) is 12.8 Å². The molecular formula is C16H20N4. The first kappa shape index (κ1) is 13.2. The third kappa shape index (κ3) is 2.85. The highest BCUT2D eigenvalue weighted by Crippen LogP contribution is 2.25. The van der Waals surface area contributed by atoms with Crippen molar-refractivity contribution in [2.75, 3.05) is 13.1 Å². The summed E-state index contributed by atoms with van der Waals surface area (Å²) in [5, 5.41) is 3.44. The Hall–Kier alpha value is -1.81. The summed E-state index contributed by atoms with van der Waals surface area (Å²) in [6.45, 7) is 4.29. The molecule has 0 spiro atoms. The van der Waals surface area contributed by atoms with Crippen molar-refractivity contribution < 1.29 is 0 Å². The molecule has 1 aliphatic rings. The van der Waals surface area contributed by atoms with Gasteiger partial charge in [-0.15, -0.1) is 0 Å². The summed E-state index contributed by atoms with van der Waals surface area (Å²) in [5.41, 5.74) is 3.36. The molecule has 2 aromatic heterocycles. The molecule has 0 bridgehead atoms. The summed E-state index contributed by atoms with van der Waals surface area (Å²) in [6, 6.07) is 5.84. The zero-order valence-electron chi connectivity index (χ0n) is 11.8. The second-order valence-electron chi connectivity index (χ2n) is 5.30. The Labute approximate surface area is 119 Å². The van der Waals surface area contributed by atoms with Crippen LogP contribution in [0.1, 0.15) is 24.6 Å². The molecule has 20 heavy (non-hydrogen) atoms. The number of rotatable bonds is 4. The van der Waals surface area contributed by atoms with E-state index in [0.29, 0.717) is 5.92 Å². The molecule has 0 saturated heterocycles. The van der Waals surface area contributed by atoms with Gasteiger partial charge in [-0.25, -0.2) is 9.97 Å². The van der Waals surface area contributed by atoms with Gasteiger partial charge in [0.1, 0.15) is 5.69 Å². The Balaban J connectivity index is 1.78. The van der Waals surface area contributed by atoms with E-state index in [1.807, 2.05) is 24.4 Å². The van der Waals surface area contributed by atoms with Crippen LogP contribution >= 0.6 is 0 Å². The maximum Gasteiger partial charge on any atom is 0.178 e. The Morgan fingerprint density at radius 3 is 3.05 bits per heavy atom. The van der Waals surface area contributed by atoms with Crippen molar-refractivity contribution in [2.24, 2.45) is 5.92 Å². The lowest BCUT2D eigenvalue weighted by Gasteiger charge is -2.23. The lowest BCUT2D eigenvalue weighted by molar-refractivity contribution is 0.424. The molecule has 1 atom stereocenters. The summed E-state index contributed by atoms with van der Waals surface area (Å²) in [4.78, 5) is 13.5. The van der Waals surface area contributed by atoms with Gasteiger partial charge in [0.25, 0.3) is 0 Å². The van der Waals surface area contributed by atoms with E-state index in [0.717, 1.165) is 37.4 Å². The number of aromatic nitrogens is 3. The van der Waals surface area contributed by atoms with Crippen molar-refractivity contribution in [3.63, 3.8) is 0 Å². The third-order valence-corrected chi connectivity index (χ3v) is 3.83. The van der Waals surface area contributed by atoms with E-state index < -0.39 is 0 Å². The van der Waals surface area contributed by atoms with E-state index in [2.05, 4.69) is 22.2 Å².